The highest BCUT2D eigenvalue weighted by Gasteiger charge is 2.29. The number of anilines is 1. The highest BCUT2D eigenvalue weighted by Crippen LogP contribution is 2.21. The summed E-state index contributed by atoms with van der Waals surface area (Å²) in [7, 11) is 0. The summed E-state index contributed by atoms with van der Waals surface area (Å²) in [5.74, 6) is 0.00630. The monoisotopic (exact) mass is 234 g/mol. The maximum atomic E-state index is 11.8. The fourth-order valence-electron chi connectivity index (χ4n) is 2.24. The van der Waals surface area contributed by atoms with E-state index in [9.17, 15) is 4.79 Å². The van der Waals surface area contributed by atoms with Crippen LogP contribution in [0.15, 0.2) is 24.3 Å². The third-order valence-electron chi connectivity index (χ3n) is 3.07. The molecule has 1 heterocycles. The number of hydrogen-bond donors (Lipinski definition) is 2. The smallest absolute Gasteiger partial charge is 0.242 e. The van der Waals surface area contributed by atoms with Crippen LogP contribution in [-0.4, -0.2) is 36.8 Å². The lowest BCUT2D eigenvalue weighted by molar-refractivity contribution is -0.123. The van der Waals surface area contributed by atoms with Crippen molar-refractivity contribution in [3.05, 3.63) is 29.8 Å². The molecule has 0 radical (unpaired) electrons. The molecule has 2 rings (SSSR count). The second-order valence-electron chi connectivity index (χ2n) is 4.35. The number of carbonyl (C=O) groups excluding carboxylic acids is 1. The van der Waals surface area contributed by atoms with Crippen molar-refractivity contribution in [2.75, 3.05) is 24.6 Å². The van der Waals surface area contributed by atoms with Gasteiger partial charge < -0.3 is 15.3 Å². The fraction of sp³-hybridized carbons (Fsp3) is 0.462. The molecular formula is C13H18N2O2. The summed E-state index contributed by atoms with van der Waals surface area (Å²) in [6.07, 6.45) is 0.472. The fourth-order valence-corrected chi connectivity index (χ4v) is 2.24. The largest absolute Gasteiger partial charge is 0.396 e. The summed E-state index contributed by atoms with van der Waals surface area (Å²) in [4.78, 5) is 13.9. The van der Waals surface area contributed by atoms with Gasteiger partial charge in [0, 0.05) is 25.4 Å². The van der Waals surface area contributed by atoms with Gasteiger partial charge in [0.1, 0.15) is 6.04 Å². The van der Waals surface area contributed by atoms with Crippen LogP contribution in [0.4, 0.5) is 5.69 Å². The molecule has 1 aromatic rings. The normalized spacial score (nSPS) is 20.2. The molecule has 0 aromatic heterocycles. The molecular weight excluding hydrogens is 216 g/mol. The summed E-state index contributed by atoms with van der Waals surface area (Å²) in [6.45, 7) is 3.52. The van der Waals surface area contributed by atoms with Gasteiger partial charge in [-0.3, -0.25) is 4.79 Å². The third-order valence-corrected chi connectivity index (χ3v) is 3.07. The molecule has 1 aromatic carbocycles. The van der Waals surface area contributed by atoms with Crippen molar-refractivity contribution in [1.82, 2.24) is 5.32 Å². The Morgan fingerprint density at radius 2 is 2.35 bits per heavy atom. The van der Waals surface area contributed by atoms with E-state index in [2.05, 4.69) is 16.3 Å². The molecule has 1 aliphatic heterocycles. The Hall–Kier alpha value is -1.55. The van der Waals surface area contributed by atoms with Gasteiger partial charge in [0.2, 0.25) is 5.91 Å². The molecule has 1 amide bonds. The third kappa shape index (κ3) is 2.58. The summed E-state index contributed by atoms with van der Waals surface area (Å²) in [5, 5.41) is 11.9. The molecule has 4 heteroatoms. The van der Waals surface area contributed by atoms with Crippen LogP contribution >= 0.6 is 0 Å². The van der Waals surface area contributed by atoms with E-state index in [-0.39, 0.29) is 18.6 Å². The van der Waals surface area contributed by atoms with Crippen molar-refractivity contribution in [3.8, 4) is 0 Å². The van der Waals surface area contributed by atoms with Crippen LogP contribution in [0.5, 0.6) is 0 Å². The first-order valence-corrected chi connectivity index (χ1v) is 5.94. The van der Waals surface area contributed by atoms with E-state index >= 15 is 0 Å². The van der Waals surface area contributed by atoms with Gasteiger partial charge in [0.15, 0.2) is 0 Å². The van der Waals surface area contributed by atoms with E-state index < -0.39 is 0 Å². The van der Waals surface area contributed by atoms with Gasteiger partial charge >= 0.3 is 0 Å². The Balaban J connectivity index is 2.24. The van der Waals surface area contributed by atoms with Crippen LogP contribution < -0.4 is 10.2 Å². The van der Waals surface area contributed by atoms with Crippen LogP contribution in [0.25, 0.3) is 0 Å². The number of nitrogens with one attached hydrogen (secondary N) is 1. The predicted octanol–water partition coefficient (Wildman–Crippen LogP) is 0.682. The molecule has 0 spiro atoms. The van der Waals surface area contributed by atoms with Crippen LogP contribution in [-0.2, 0) is 4.79 Å². The topological polar surface area (TPSA) is 52.6 Å². The molecule has 17 heavy (non-hydrogen) atoms. The Kier molecular flexibility index (Phi) is 3.64. The summed E-state index contributed by atoms with van der Waals surface area (Å²) >= 11 is 0. The average molecular weight is 234 g/mol. The lowest BCUT2D eigenvalue weighted by Gasteiger charge is -2.36. The number of amides is 1. The zero-order valence-corrected chi connectivity index (χ0v) is 10.0. The molecule has 0 saturated carbocycles. The van der Waals surface area contributed by atoms with Gasteiger partial charge in [0.05, 0.1) is 0 Å². The Morgan fingerprint density at radius 1 is 1.53 bits per heavy atom. The highest BCUT2D eigenvalue weighted by molar-refractivity contribution is 5.86. The zero-order chi connectivity index (χ0) is 12.3. The van der Waals surface area contributed by atoms with E-state index in [0.29, 0.717) is 13.0 Å². The van der Waals surface area contributed by atoms with Crippen molar-refractivity contribution in [3.63, 3.8) is 0 Å². The minimum absolute atomic E-state index is 0.00630. The van der Waals surface area contributed by atoms with Gasteiger partial charge in [-0.05, 0) is 31.0 Å². The zero-order valence-electron chi connectivity index (χ0n) is 10.0. The maximum Gasteiger partial charge on any atom is 0.242 e. The number of nitrogens with zero attached hydrogens (tertiary/aromatic N) is 1. The molecule has 1 saturated heterocycles. The van der Waals surface area contributed by atoms with Gasteiger partial charge in [-0.15, -0.1) is 0 Å². The van der Waals surface area contributed by atoms with E-state index in [1.165, 1.54) is 5.56 Å². The number of rotatable bonds is 3. The number of aliphatic hydroxyl groups excluding tert-OH is 1. The Bertz CT molecular complexity index is 406. The molecule has 92 valence electrons. The lowest BCUT2D eigenvalue weighted by Crippen LogP contribution is -2.55. The number of benzene rings is 1. The van der Waals surface area contributed by atoms with Crippen molar-refractivity contribution in [1.29, 1.82) is 0 Å². The number of hydrogen-bond acceptors (Lipinski definition) is 3. The number of piperazine rings is 1. The molecule has 1 aliphatic rings. The maximum absolute atomic E-state index is 11.8. The highest BCUT2D eigenvalue weighted by atomic mass is 16.3. The van der Waals surface area contributed by atoms with Crippen LogP contribution in [0.2, 0.25) is 0 Å². The van der Waals surface area contributed by atoms with Gasteiger partial charge in [-0.25, -0.2) is 0 Å². The number of aliphatic hydroxyl groups is 1. The van der Waals surface area contributed by atoms with Gasteiger partial charge in [-0.2, -0.15) is 0 Å². The van der Waals surface area contributed by atoms with E-state index in [0.717, 1.165) is 12.2 Å². The van der Waals surface area contributed by atoms with E-state index in [1.54, 1.807) is 0 Å². The summed E-state index contributed by atoms with van der Waals surface area (Å²) < 4.78 is 0. The molecule has 0 aliphatic carbocycles. The first-order chi connectivity index (χ1) is 8.22. The summed E-state index contributed by atoms with van der Waals surface area (Å²) in [6, 6.07) is 7.86. The molecule has 4 nitrogen and oxygen atoms in total. The Morgan fingerprint density at radius 3 is 3.06 bits per heavy atom. The van der Waals surface area contributed by atoms with E-state index in [1.807, 2.05) is 25.1 Å². The quantitative estimate of drug-likeness (QED) is 0.808. The summed E-state index contributed by atoms with van der Waals surface area (Å²) in [5.41, 5.74) is 2.23. The lowest BCUT2D eigenvalue weighted by atomic mass is 10.1. The van der Waals surface area contributed by atoms with Gasteiger partial charge in [0.25, 0.3) is 0 Å². The Labute approximate surface area is 101 Å². The molecule has 0 bridgehead atoms. The molecule has 1 atom stereocenters. The first kappa shape index (κ1) is 11.9. The van der Waals surface area contributed by atoms with Gasteiger partial charge in [-0.1, -0.05) is 12.1 Å². The van der Waals surface area contributed by atoms with E-state index in [4.69, 9.17) is 5.11 Å². The first-order valence-electron chi connectivity index (χ1n) is 5.94. The average Bonchev–Trinajstić information content (AvgIpc) is 2.32. The minimum Gasteiger partial charge on any atom is -0.396 e. The second-order valence-corrected chi connectivity index (χ2v) is 4.35. The molecule has 1 fully saturated rings. The second kappa shape index (κ2) is 5.19. The van der Waals surface area contributed by atoms with Crippen LogP contribution in [0.1, 0.15) is 12.0 Å². The number of carbonyl (C=O) groups is 1. The minimum atomic E-state index is -0.254. The van der Waals surface area contributed by atoms with Crippen molar-refractivity contribution in [2.45, 2.75) is 19.4 Å². The van der Waals surface area contributed by atoms with Crippen LogP contribution in [0, 0.1) is 6.92 Å². The van der Waals surface area contributed by atoms with Crippen molar-refractivity contribution >= 4 is 11.6 Å². The van der Waals surface area contributed by atoms with Crippen LogP contribution in [0.3, 0.4) is 0 Å². The molecule has 2 N–H and O–H groups in total. The predicted molar refractivity (Wildman–Crippen MR) is 67.0 cm³/mol. The SMILES string of the molecule is Cc1cccc(N2CCNC(=O)C2CCO)c1. The number of aryl methyl sites for hydroxylation is 1. The van der Waals surface area contributed by atoms with Crippen molar-refractivity contribution < 1.29 is 9.90 Å². The molecule has 1 unspecified atom stereocenters. The van der Waals surface area contributed by atoms with Crippen molar-refractivity contribution in [2.24, 2.45) is 0 Å². The standard InChI is InChI=1S/C13H18N2O2/c1-10-3-2-4-11(9-10)15-7-6-14-13(17)12(15)5-8-16/h2-4,9,12,16H,5-8H2,1H3,(H,14,17).